The number of benzene rings is 1. The number of ketones is 1. The van der Waals surface area contributed by atoms with E-state index in [0.717, 1.165) is 24.1 Å². The van der Waals surface area contributed by atoms with Gasteiger partial charge < -0.3 is 5.32 Å². The summed E-state index contributed by atoms with van der Waals surface area (Å²) >= 11 is 0. The van der Waals surface area contributed by atoms with Crippen LogP contribution in [0.2, 0.25) is 0 Å². The van der Waals surface area contributed by atoms with Gasteiger partial charge in [0.25, 0.3) is 0 Å². The number of piperidine rings is 1. The highest BCUT2D eigenvalue weighted by atomic mass is 16.1. The summed E-state index contributed by atoms with van der Waals surface area (Å²) < 4.78 is 1.80. The average molecular weight is 281 g/mol. The van der Waals surface area contributed by atoms with Crippen molar-refractivity contribution in [1.29, 1.82) is 0 Å². The maximum atomic E-state index is 12.7. The molecule has 1 aromatic heterocycles. The average Bonchev–Trinajstić information content (AvgIpc) is 3.17. The minimum Gasteiger partial charge on any atom is -0.311 e. The fourth-order valence-electron chi connectivity index (χ4n) is 3.71. The summed E-state index contributed by atoms with van der Waals surface area (Å²) in [5, 5.41) is 7.79. The Kier molecular flexibility index (Phi) is 3.11. The molecule has 1 aromatic carbocycles. The van der Waals surface area contributed by atoms with E-state index in [1.807, 2.05) is 36.5 Å². The van der Waals surface area contributed by atoms with Crippen LogP contribution in [0.1, 0.15) is 36.0 Å². The van der Waals surface area contributed by atoms with Gasteiger partial charge in [0, 0.05) is 36.0 Å². The number of hydrogen-bond acceptors (Lipinski definition) is 3. The first-order chi connectivity index (χ1) is 10.3. The Balaban J connectivity index is 1.52. The number of Topliss-reactive ketones (excluding diaryl/α,β-unsaturated/α-hetero) is 1. The van der Waals surface area contributed by atoms with Crippen LogP contribution < -0.4 is 5.32 Å². The molecule has 3 heterocycles. The van der Waals surface area contributed by atoms with E-state index >= 15 is 0 Å². The van der Waals surface area contributed by atoms with Crippen LogP contribution in [-0.2, 0) is 0 Å². The summed E-state index contributed by atoms with van der Waals surface area (Å²) in [6, 6.07) is 10.8. The first kappa shape index (κ1) is 12.8. The van der Waals surface area contributed by atoms with E-state index < -0.39 is 0 Å². The summed E-state index contributed by atoms with van der Waals surface area (Å²) in [6.07, 6.45) is 8.11. The van der Waals surface area contributed by atoms with Gasteiger partial charge in [-0.25, -0.2) is 4.68 Å². The van der Waals surface area contributed by atoms with Crippen molar-refractivity contribution in [3.8, 4) is 5.69 Å². The molecule has 0 radical (unpaired) electrons. The summed E-state index contributed by atoms with van der Waals surface area (Å²) in [4.78, 5) is 12.7. The zero-order valence-corrected chi connectivity index (χ0v) is 11.9. The highest BCUT2D eigenvalue weighted by molar-refractivity contribution is 5.98. The monoisotopic (exact) mass is 281 g/mol. The van der Waals surface area contributed by atoms with Gasteiger partial charge in [-0.2, -0.15) is 5.10 Å². The molecule has 1 N–H and O–H groups in total. The molecule has 2 bridgehead atoms. The molecule has 108 valence electrons. The quantitative estimate of drug-likeness (QED) is 0.880. The maximum Gasteiger partial charge on any atom is 0.166 e. The lowest BCUT2D eigenvalue weighted by atomic mass is 9.86. The molecule has 2 aromatic rings. The molecule has 2 aliphatic heterocycles. The molecule has 0 amide bonds. The fourth-order valence-corrected chi connectivity index (χ4v) is 3.71. The molecule has 4 heteroatoms. The first-order valence-electron chi connectivity index (χ1n) is 7.70. The Hall–Kier alpha value is -1.94. The Morgan fingerprint density at radius 1 is 1.14 bits per heavy atom. The molecule has 0 saturated carbocycles. The molecule has 4 nitrogen and oxygen atoms in total. The van der Waals surface area contributed by atoms with Crippen molar-refractivity contribution < 1.29 is 4.79 Å². The first-order valence-corrected chi connectivity index (χ1v) is 7.70. The molecular weight excluding hydrogens is 262 g/mol. The lowest BCUT2D eigenvalue weighted by Crippen LogP contribution is -2.40. The molecule has 2 saturated heterocycles. The van der Waals surface area contributed by atoms with E-state index in [1.165, 1.54) is 12.8 Å². The van der Waals surface area contributed by atoms with Gasteiger partial charge in [-0.3, -0.25) is 4.79 Å². The third-order valence-electron chi connectivity index (χ3n) is 4.76. The van der Waals surface area contributed by atoms with Crippen molar-refractivity contribution in [2.45, 2.75) is 37.8 Å². The van der Waals surface area contributed by atoms with Gasteiger partial charge in [-0.1, -0.05) is 0 Å². The molecule has 2 unspecified atom stereocenters. The number of aromatic nitrogens is 2. The number of nitrogens with one attached hydrogen (secondary N) is 1. The summed E-state index contributed by atoms with van der Waals surface area (Å²) in [6.45, 7) is 0. The standard InChI is InChI=1S/C17H19N3O/c21-17(13-10-14-4-5-15(11-13)19-14)12-2-6-16(7-3-12)20-9-1-8-18-20/h1-3,6-9,13-15,19H,4-5,10-11H2. The zero-order valence-electron chi connectivity index (χ0n) is 11.9. The second-order valence-corrected chi connectivity index (χ2v) is 6.17. The minimum atomic E-state index is 0.194. The molecular formula is C17H19N3O. The normalized spacial score (nSPS) is 27.7. The van der Waals surface area contributed by atoms with Crippen molar-refractivity contribution in [2.75, 3.05) is 0 Å². The second-order valence-electron chi connectivity index (χ2n) is 6.17. The molecule has 2 atom stereocenters. The van der Waals surface area contributed by atoms with Gasteiger partial charge in [-0.15, -0.1) is 0 Å². The highest BCUT2D eigenvalue weighted by Crippen LogP contribution is 2.32. The lowest BCUT2D eigenvalue weighted by molar-refractivity contribution is 0.0875. The number of hydrogen-bond donors (Lipinski definition) is 1. The van der Waals surface area contributed by atoms with Gasteiger partial charge in [0.2, 0.25) is 0 Å². The zero-order chi connectivity index (χ0) is 14.2. The third kappa shape index (κ3) is 2.40. The van der Waals surface area contributed by atoms with Crippen molar-refractivity contribution in [3.63, 3.8) is 0 Å². The van der Waals surface area contributed by atoms with Gasteiger partial charge in [0.15, 0.2) is 5.78 Å². The topological polar surface area (TPSA) is 46.9 Å². The number of rotatable bonds is 3. The molecule has 21 heavy (non-hydrogen) atoms. The second kappa shape index (κ2) is 5.11. The highest BCUT2D eigenvalue weighted by Gasteiger charge is 2.36. The molecule has 0 spiro atoms. The Bertz CT molecular complexity index is 621. The van der Waals surface area contributed by atoms with Crippen LogP contribution in [0.4, 0.5) is 0 Å². The predicted molar refractivity (Wildman–Crippen MR) is 80.6 cm³/mol. The summed E-state index contributed by atoms with van der Waals surface area (Å²) in [7, 11) is 0. The minimum absolute atomic E-state index is 0.194. The fraction of sp³-hybridized carbons (Fsp3) is 0.412. The van der Waals surface area contributed by atoms with E-state index in [-0.39, 0.29) is 5.92 Å². The van der Waals surface area contributed by atoms with Gasteiger partial charge in [-0.05, 0) is 56.0 Å². The molecule has 2 aliphatic rings. The van der Waals surface area contributed by atoms with E-state index in [4.69, 9.17) is 0 Å². The van der Waals surface area contributed by atoms with Gasteiger partial charge in [0.1, 0.15) is 0 Å². The summed E-state index contributed by atoms with van der Waals surface area (Å²) in [5.41, 5.74) is 1.82. The Morgan fingerprint density at radius 2 is 1.86 bits per heavy atom. The van der Waals surface area contributed by atoms with Crippen LogP contribution in [0, 0.1) is 5.92 Å². The maximum absolute atomic E-state index is 12.7. The van der Waals surface area contributed by atoms with Crippen LogP contribution >= 0.6 is 0 Å². The van der Waals surface area contributed by atoms with Gasteiger partial charge >= 0.3 is 0 Å². The molecule has 0 aliphatic carbocycles. The van der Waals surface area contributed by atoms with E-state index in [1.54, 1.807) is 10.9 Å². The van der Waals surface area contributed by atoms with Crippen molar-refractivity contribution in [1.82, 2.24) is 15.1 Å². The largest absolute Gasteiger partial charge is 0.311 e. The Morgan fingerprint density at radius 3 is 2.48 bits per heavy atom. The summed E-state index contributed by atoms with van der Waals surface area (Å²) in [5.74, 6) is 0.500. The van der Waals surface area contributed by atoms with Crippen LogP contribution in [0.25, 0.3) is 5.69 Å². The molecule has 4 rings (SSSR count). The lowest BCUT2D eigenvalue weighted by Gasteiger charge is -2.28. The van der Waals surface area contributed by atoms with Crippen molar-refractivity contribution in [2.24, 2.45) is 5.92 Å². The van der Waals surface area contributed by atoms with Crippen molar-refractivity contribution in [3.05, 3.63) is 48.3 Å². The van der Waals surface area contributed by atoms with E-state index in [2.05, 4.69) is 10.4 Å². The number of nitrogens with zero attached hydrogens (tertiary/aromatic N) is 2. The van der Waals surface area contributed by atoms with E-state index in [9.17, 15) is 4.79 Å². The van der Waals surface area contributed by atoms with Gasteiger partial charge in [0.05, 0.1) is 5.69 Å². The smallest absolute Gasteiger partial charge is 0.166 e. The van der Waals surface area contributed by atoms with E-state index in [0.29, 0.717) is 17.9 Å². The van der Waals surface area contributed by atoms with Crippen LogP contribution in [0.3, 0.4) is 0 Å². The van der Waals surface area contributed by atoms with Crippen LogP contribution in [0.5, 0.6) is 0 Å². The number of carbonyl (C=O) groups is 1. The van der Waals surface area contributed by atoms with Crippen LogP contribution in [0.15, 0.2) is 42.7 Å². The van der Waals surface area contributed by atoms with Crippen molar-refractivity contribution >= 4 is 5.78 Å². The predicted octanol–water partition coefficient (Wildman–Crippen LogP) is 2.59. The molecule has 2 fully saturated rings. The Labute approximate surface area is 124 Å². The third-order valence-corrected chi connectivity index (χ3v) is 4.76. The SMILES string of the molecule is O=C(c1ccc(-n2cccn2)cc1)C1CC2CCC(C1)N2. The number of carbonyl (C=O) groups excluding carboxylic acids is 1. The number of fused-ring (bicyclic) bond motifs is 2. The van der Waals surface area contributed by atoms with Crippen LogP contribution in [-0.4, -0.2) is 27.6 Å².